The van der Waals surface area contributed by atoms with Gasteiger partial charge in [0, 0.05) is 56.9 Å². The molecule has 0 unspecified atom stereocenters. The van der Waals surface area contributed by atoms with E-state index in [9.17, 15) is 0 Å². The van der Waals surface area contributed by atoms with Gasteiger partial charge >= 0.3 is 0 Å². The molecule has 2 aromatic heterocycles. The Kier molecular flexibility index (Phi) is 8.93. The molecule has 2 aliphatic carbocycles. The first-order chi connectivity index (χ1) is 32.1. The molecule has 340 valence electrons. The predicted octanol–water partition coefficient (Wildman–Crippen LogP) is 14.7. The van der Waals surface area contributed by atoms with Crippen LogP contribution in [0.15, 0.2) is 121 Å². The minimum atomic E-state index is -0.266. The van der Waals surface area contributed by atoms with E-state index in [0.717, 1.165) is 41.1 Å². The number of fused-ring (bicyclic) bond motifs is 11. The number of nitrogens with one attached hydrogen (secondary N) is 1. The minimum absolute atomic E-state index is 0.0499. The van der Waals surface area contributed by atoms with Gasteiger partial charge < -0.3 is 14.5 Å². The monoisotopic (exact) mass is 889 g/mol. The summed E-state index contributed by atoms with van der Waals surface area (Å²) < 4.78 is 5.01. The lowest BCUT2D eigenvalue weighted by atomic mass is 9.57. The van der Waals surface area contributed by atoms with E-state index in [0.29, 0.717) is 0 Å². The zero-order chi connectivity index (χ0) is 47.6. The molecule has 12 rings (SSSR count). The summed E-state index contributed by atoms with van der Waals surface area (Å²) in [4.78, 5) is 5.39. The summed E-state index contributed by atoms with van der Waals surface area (Å²) in [5.41, 5.74) is 25.8. The van der Waals surface area contributed by atoms with Crippen LogP contribution in [0.3, 0.4) is 0 Å². The molecule has 0 saturated heterocycles. The molecule has 7 aromatic carbocycles. The second kappa shape index (κ2) is 14.1. The van der Waals surface area contributed by atoms with Gasteiger partial charge in [0.25, 0.3) is 0 Å². The molecule has 0 atom stereocenters. The summed E-state index contributed by atoms with van der Waals surface area (Å²) in [5, 5.41) is 6.81. The lowest BCUT2D eigenvalue weighted by Crippen LogP contribution is -2.38. The summed E-state index contributed by atoms with van der Waals surface area (Å²) in [5.74, 6) is 0.990. The van der Waals surface area contributed by atoms with E-state index < -0.39 is 0 Å². The van der Waals surface area contributed by atoms with Crippen LogP contribution in [-0.4, -0.2) is 21.4 Å². The molecule has 0 amide bonds. The fraction of sp³-hybridized carbons (Fsp3) is 0.317. The van der Waals surface area contributed by atoms with Crippen molar-refractivity contribution in [3.8, 4) is 39.3 Å². The van der Waals surface area contributed by atoms with E-state index in [4.69, 9.17) is 4.98 Å². The van der Waals surface area contributed by atoms with Crippen LogP contribution in [0.2, 0.25) is 0 Å². The van der Waals surface area contributed by atoms with E-state index >= 15 is 0 Å². The molecule has 9 aromatic rings. The quantitative estimate of drug-likeness (QED) is 0.179. The standard InChI is InChI=1S/C63H65BN4/c1-59(2,3)37-23-26-39(27-24-37)65-47-28-25-38(60(4,5)6)31-41(47)53-52-40-21-17-18-22-43(40)63(11,12)55(52)54-42-32-44-45(62(9,10)30-29-61(44,7)8)33-49(42)68-50-35-51-48(34-46(50)64-56(53)57(54)68)66-58(67(51)13)36-19-15-14-16-20-36/h14-28,31-35,64-65H,29-30H2,1-13H3. The third-order valence-electron chi connectivity index (χ3n) is 16.7. The van der Waals surface area contributed by atoms with Gasteiger partial charge in [-0.3, -0.25) is 0 Å². The molecule has 1 N–H and O–H groups in total. The molecule has 3 aliphatic rings. The number of imidazole rings is 1. The van der Waals surface area contributed by atoms with Crippen LogP contribution in [0, 0.1) is 0 Å². The van der Waals surface area contributed by atoms with Gasteiger partial charge in [0.1, 0.15) is 5.82 Å². The van der Waals surface area contributed by atoms with Crippen LogP contribution < -0.4 is 16.2 Å². The van der Waals surface area contributed by atoms with Crippen LogP contribution in [0.4, 0.5) is 11.4 Å². The molecule has 0 fully saturated rings. The maximum absolute atomic E-state index is 5.39. The van der Waals surface area contributed by atoms with Crippen molar-refractivity contribution < 1.29 is 0 Å². The molecule has 0 spiro atoms. The smallest absolute Gasteiger partial charge is 0.198 e. The first kappa shape index (κ1) is 43.0. The van der Waals surface area contributed by atoms with Gasteiger partial charge in [0.15, 0.2) is 7.28 Å². The Labute approximate surface area is 404 Å². The molecular weight excluding hydrogens is 824 g/mol. The highest BCUT2D eigenvalue weighted by molar-refractivity contribution is 6.74. The number of benzene rings is 7. The van der Waals surface area contributed by atoms with Crippen LogP contribution in [0.25, 0.3) is 72.2 Å². The van der Waals surface area contributed by atoms with E-state index in [-0.39, 0.29) is 27.1 Å². The maximum atomic E-state index is 5.39. The van der Waals surface area contributed by atoms with Crippen LogP contribution in [0.1, 0.15) is 129 Å². The van der Waals surface area contributed by atoms with Crippen LogP contribution in [-0.2, 0) is 34.1 Å². The molecule has 68 heavy (non-hydrogen) atoms. The zero-order valence-corrected chi connectivity index (χ0v) is 42.5. The average Bonchev–Trinajstić information content (AvgIpc) is 3.88. The molecule has 0 saturated carbocycles. The van der Waals surface area contributed by atoms with Crippen molar-refractivity contribution in [1.82, 2.24) is 14.1 Å². The van der Waals surface area contributed by atoms with Gasteiger partial charge in [-0.1, -0.05) is 161 Å². The first-order valence-electron chi connectivity index (χ1n) is 25.0. The largest absolute Gasteiger partial charge is 0.355 e. The van der Waals surface area contributed by atoms with Gasteiger partial charge in [-0.05, 0) is 139 Å². The van der Waals surface area contributed by atoms with Gasteiger partial charge in [0.2, 0.25) is 0 Å². The lowest BCUT2D eigenvalue weighted by Gasteiger charge is -2.42. The highest BCUT2D eigenvalue weighted by Crippen LogP contribution is 2.58. The van der Waals surface area contributed by atoms with Crippen molar-refractivity contribution in [1.29, 1.82) is 0 Å². The maximum Gasteiger partial charge on any atom is 0.198 e. The zero-order valence-electron chi connectivity index (χ0n) is 42.5. The number of hydrogen-bond acceptors (Lipinski definition) is 2. The first-order valence-corrected chi connectivity index (χ1v) is 25.0. The molecule has 1 aliphatic heterocycles. The van der Waals surface area contributed by atoms with Crippen molar-refractivity contribution in [3.63, 3.8) is 0 Å². The van der Waals surface area contributed by atoms with Crippen molar-refractivity contribution in [3.05, 3.63) is 155 Å². The molecule has 4 nitrogen and oxygen atoms in total. The Hall–Kier alpha value is -6.33. The normalized spacial score (nSPS) is 16.4. The van der Waals surface area contributed by atoms with Crippen LogP contribution in [0.5, 0.6) is 0 Å². The number of hydrogen-bond donors (Lipinski definition) is 1. The lowest BCUT2D eigenvalue weighted by molar-refractivity contribution is 0.332. The number of nitrogens with zero attached hydrogens (tertiary/aromatic N) is 3. The Morgan fingerprint density at radius 1 is 0.618 bits per heavy atom. The number of rotatable bonds is 4. The highest BCUT2D eigenvalue weighted by Gasteiger charge is 2.45. The molecule has 3 heterocycles. The summed E-state index contributed by atoms with van der Waals surface area (Å²) in [6.07, 6.45) is 2.34. The Morgan fingerprint density at radius 2 is 1.26 bits per heavy atom. The SMILES string of the molecule is Cn1c(-c2ccccc2)nc2cc3c(cc21)-n1c2cc4c(cc2c2c5c(c(-c6cc(C(C)(C)C)ccc6Nc6ccc(C(C)(C)C)cc6)c(c21)B3)-c1ccccc1C5(C)C)C(C)(C)CCC4(C)C. The third-order valence-corrected chi connectivity index (χ3v) is 16.7. The third kappa shape index (κ3) is 6.16. The Balaban J connectivity index is 1.25. The Morgan fingerprint density at radius 3 is 1.96 bits per heavy atom. The molecule has 0 radical (unpaired) electrons. The second-order valence-corrected chi connectivity index (χ2v) is 24.5. The topological polar surface area (TPSA) is 34.8 Å². The van der Waals surface area contributed by atoms with E-state index in [1.54, 1.807) is 0 Å². The van der Waals surface area contributed by atoms with E-state index in [1.165, 1.54) is 107 Å². The van der Waals surface area contributed by atoms with E-state index in [1.807, 2.05) is 0 Å². The van der Waals surface area contributed by atoms with Crippen molar-refractivity contribution in [2.24, 2.45) is 7.05 Å². The van der Waals surface area contributed by atoms with Gasteiger partial charge in [-0.25, -0.2) is 4.98 Å². The summed E-state index contributed by atoms with van der Waals surface area (Å²) in [6.45, 7) is 28.8. The predicted molar refractivity (Wildman–Crippen MR) is 292 cm³/mol. The van der Waals surface area contributed by atoms with E-state index in [2.05, 4.69) is 226 Å². The average molecular weight is 889 g/mol. The highest BCUT2D eigenvalue weighted by atomic mass is 15.1. The fourth-order valence-corrected chi connectivity index (χ4v) is 12.6. The van der Waals surface area contributed by atoms with Gasteiger partial charge in [0.05, 0.1) is 16.6 Å². The number of aryl methyl sites for hydroxylation is 1. The number of aromatic nitrogens is 3. The minimum Gasteiger partial charge on any atom is -0.355 e. The summed E-state index contributed by atoms with van der Waals surface area (Å²) in [7, 11) is 2.97. The fourth-order valence-electron chi connectivity index (χ4n) is 12.6. The van der Waals surface area contributed by atoms with Crippen molar-refractivity contribution in [2.45, 2.75) is 123 Å². The number of anilines is 2. The van der Waals surface area contributed by atoms with Crippen LogP contribution >= 0.6 is 0 Å². The second-order valence-electron chi connectivity index (χ2n) is 24.5. The summed E-state index contributed by atoms with van der Waals surface area (Å²) in [6, 6.07) is 46.5. The summed E-state index contributed by atoms with van der Waals surface area (Å²) >= 11 is 0. The van der Waals surface area contributed by atoms with Crippen molar-refractivity contribution in [2.75, 3.05) is 5.32 Å². The van der Waals surface area contributed by atoms with Gasteiger partial charge in [-0.15, -0.1) is 0 Å². The Bertz CT molecular complexity index is 3600. The molecular formula is C63H65BN4. The van der Waals surface area contributed by atoms with Gasteiger partial charge in [-0.2, -0.15) is 0 Å². The molecule has 5 heteroatoms. The van der Waals surface area contributed by atoms with Crippen molar-refractivity contribution >= 4 is 62.4 Å². The molecule has 0 bridgehead atoms.